The maximum Gasteiger partial charge on any atom is 0.232 e. The molecule has 0 fully saturated rings. The molecule has 0 saturated carbocycles. The molecular weight excluding hydrogens is 318 g/mol. The van der Waals surface area contributed by atoms with E-state index in [9.17, 15) is 0 Å². The summed E-state index contributed by atoms with van der Waals surface area (Å²) in [6.07, 6.45) is 3.82. The average molecular weight is 337 g/mol. The van der Waals surface area contributed by atoms with Gasteiger partial charge in [-0.15, -0.1) is 11.6 Å². The Labute approximate surface area is 122 Å². The lowest BCUT2D eigenvalue weighted by Gasteiger charge is -2.19. The summed E-state index contributed by atoms with van der Waals surface area (Å²) in [4.78, 5) is 8.39. The van der Waals surface area contributed by atoms with Crippen LogP contribution in [0.2, 0.25) is 0 Å². The Morgan fingerprint density at radius 3 is 2.67 bits per heavy atom. The maximum atomic E-state index is 6.34. The third-order valence-electron chi connectivity index (χ3n) is 2.92. The first-order valence-electron chi connectivity index (χ1n) is 6.06. The van der Waals surface area contributed by atoms with Crippen molar-refractivity contribution in [2.45, 2.75) is 32.1 Å². The molecule has 6 heteroatoms. The summed E-state index contributed by atoms with van der Waals surface area (Å²) in [7, 11) is 1.57. The first kappa shape index (κ1) is 15.5. The zero-order valence-electron chi connectivity index (χ0n) is 10.9. The smallest absolute Gasteiger partial charge is 0.232 e. The summed E-state index contributed by atoms with van der Waals surface area (Å²) in [5.74, 6) is 1.56. The Balaban J connectivity index is 2.58. The number of nitrogens with one attached hydrogen (secondary N) is 1. The number of ether oxygens (including phenoxy) is 1. The highest BCUT2D eigenvalue weighted by atomic mass is 79.9. The SMILES string of the molecule is CCC(CC)C(Cl)CNc1ncc(Br)c(OC)n1. The van der Waals surface area contributed by atoms with Gasteiger partial charge >= 0.3 is 0 Å². The maximum absolute atomic E-state index is 6.34. The normalized spacial score (nSPS) is 12.6. The van der Waals surface area contributed by atoms with Crippen molar-refractivity contribution in [3.63, 3.8) is 0 Å². The molecule has 0 amide bonds. The lowest BCUT2D eigenvalue weighted by atomic mass is 9.99. The highest BCUT2D eigenvalue weighted by molar-refractivity contribution is 9.10. The number of anilines is 1. The van der Waals surface area contributed by atoms with Gasteiger partial charge in [-0.2, -0.15) is 4.98 Å². The number of nitrogens with zero attached hydrogens (tertiary/aromatic N) is 2. The van der Waals surface area contributed by atoms with Gasteiger partial charge in [-0.3, -0.25) is 0 Å². The number of methoxy groups -OCH3 is 1. The molecular formula is C12H19BrClN3O. The van der Waals surface area contributed by atoms with Crippen molar-refractivity contribution < 1.29 is 4.74 Å². The number of rotatable bonds is 7. The molecule has 1 unspecified atom stereocenters. The van der Waals surface area contributed by atoms with E-state index in [4.69, 9.17) is 16.3 Å². The van der Waals surface area contributed by atoms with Crippen LogP contribution in [0.15, 0.2) is 10.7 Å². The summed E-state index contributed by atoms with van der Waals surface area (Å²) in [5.41, 5.74) is 0. The molecule has 0 spiro atoms. The molecule has 0 aromatic carbocycles. The van der Waals surface area contributed by atoms with Crippen LogP contribution in [0.3, 0.4) is 0 Å². The molecule has 0 radical (unpaired) electrons. The number of hydrogen-bond acceptors (Lipinski definition) is 4. The van der Waals surface area contributed by atoms with Crippen molar-refractivity contribution in [1.29, 1.82) is 0 Å². The Bertz CT molecular complexity index is 374. The van der Waals surface area contributed by atoms with Crippen LogP contribution in [-0.4, -0.2) is 29.0 Å². The Kier molecular flexibility index (Phi) is 6.71. The first-order chi connectivity index (χ1) is 8.62. The molecule has 102 valence electrons. The van der Waals surface area contributed by atoms with Gasteiger partial charge in [-0.05, 0) is 21.8 Å². The van der Waals surface area contributed by atoms with Crippen molar-refractivity contribution in [3.8, 4) is 5.88 Å². The fourth-order valence-electron chi connectivity index (χ4n) is 1.74. The second-order valence-electron chi connectivity index (χ2n) is 4.02. The molecule has 0 bridgehead atoms. The minimum absolute atomic E-state index is 0.0817. The van der Waals surface area contributed by atoms with E-state index in [1.807, 2.05) is 0 Å². The van der Waals surface area contributed by atoms with Crippen LogP contribution in [0.4, 0.5) is 5.95 Å². The highest BCUT2D eigenvalue weighted by Crippen LogP contribution is 2.23. The number of hydrogen-bond donors (Lipinski definition) is 1. The van der Waals surface area contributed by atoms with Gasteiger partial charge in [0.1, 0.15) is 0 Å². The second kappa shape index (κ2) is 7.79. The van der Waals surface area contributed by atoms with Crippen LogP contribution in [0.5, 0.6) is 5.88 Å². The van der Waals surface area contributed by atoms with Crippen molar-refractivity contribution in [3.05, 3.63) is 10.7 Å². The van der Waals surface area contributed by atoms with Gasteiger partial charge in [-0.1, -0.05) is 26.7 Å². The number of aromatic nitrogens is 2. The predicted molar refractivity (Wildman–Crippen MR) is 78.5 cm³/mol. The molecule has 1 heterocycles. The number of halogens is 2. The third kappa shape index (κ3) is 4.28. The van der Waals surface area contributed by atoms with Crippen molar-refractivity contribution >= 4 is 33.5 Å². The van der Waals surface area contributed by atoms with Crippen molar-refractivity contribution in [1.82, 2.24) is 9.97 Å². The zero-order valence-corrected chi connectivity index (χ0v) is 13.3. The summed E-state index contributed by atoms with van der Waals surface area (Å²) in [5, 5.41) is 3.22. The molecule has 1 aromatic rings. The predicted octanol–water partition coefficient (Wildman–Crippen LogP) is 3.70. The lowest BCUT2D eigenvalue weighted by Crippen LogP contribution is -2.23. The fraction of sp³-hybridized carbons (Fsp3) is 0.667. The van der Waals surface area contributed by atoms with Gasteiger partial charge in [0.15, 0.2) is 0 Å². The second-order valence-corrected chi connectivity index (χ2v) is 5.44. The molecule has 1 aromatic heterocycles. The van der Waals surface area contributed by atoms with Gasteiger partial charge < -0.3 is 10.1 Å². The average Bonchev–Trinajstić information content (AvgIpc) is 2.39. The standard InChI is InChI=1S/C12H19BrClN3O/c1-4-8(5-2)10(14)7-16-12-15-6-9(13)11(17-12)18-3/h6,8,10H,4-5,7H2,1-3H3,(H,15,16,17). The summed E-state index contributed by atoms with van der Waals surface area (Å²) in [6.45, 7) is 4.96. The molecule has 0 aliphatic heterocycles. The van der Waals surface area contributed by atoms with Crippen molar-refractivity contribution in [2.24, 2.45) is 5.92 Å². The third-order valence-corrected chi connectivity index (χ3v) is 3.98. The van der Waals surface area contributed by atoms with Crippen LogP contribution in [-0.2, 0) is 0 Å². The molecule has 0 aliphatic carbocycles. The van der Waals surface area contributed by atoms with Crippen LogP contribution in [0.1, 0.15) is 26.7 Å². The fourth-order valence-corrected chi connectivity index (χ4v) is 2.52. The molecule has 18 heavy (non-hydrogen) atoms. The molecule has 0 aliphatic rings. The van der Waals surface area contributed by atoms with E-state index in [1.165, 1.54) is 0 Å². The van der Waals surface area contributed by atoms with E-state index < -0.39 is 0 Å². The van der Waals surface area contributed by atoms with E-state index in [-0.39, 0.29) is 5.38 Å². The monoisotopic (exact) mass is 335 g/mol. The van der Waals surface area contributed by atoms with Gasteiger partial charge in [-0.25, -0.2) is 4.98 Å². The Morgan fingerprint density at radius 2 is 2.11 bits per heavy atom. The molecule has 1 N–H and O–H groups in total. The summed E-state index contributed by atoms with van der Waals surface area (Å²) in [6, 6.07) is 0. The molecule has 1 rings (SSSR count). The summed E-state index contributed by atoms with van der Waals surface area (Å²) >= 11 is 9.66. The van der Waals surface area contributed by atoms with Crippen LogP contribution in [0.25, 0.3) is 0 Å². The quantitative estimate of drug-likeness (QED) is 0.771. The van der Waals surface area contributed by atoms with Crippen LogP contribution in [0, 0.1) is 5.92 Å². The molecule has 4 nitrogen and oxygen atoms in total. The topological polar surface area (TPSA) is 47.0 Å². The summed E-state index contributed by atoms with van der Waals surface area (Å²) < 4.78 is 5.85. The molecule has 0 saturated heterocycles. The van der Waals surface area contributed by atoms with Gasteiger partial charge in [0.25, 0.3) is 0 Å². The van der Waals surface area contributed by atoms with Gasteiger partial charge in [0, 0.05) is 6.54 Å². The Morgan fingerprint density at radius 1 is 1.44 bits per heavy atom. The van der Waals surface area contributed by atoms with Gasteiger partial charge in [0.2, 0.25) is 11.8 Å². The van der Waals surface area contributed by atoms with Crippen LogP contribution >= 0.6 is 27.5 Å². The molecule has 1 atom stereocenters. The lowest BCUT2D eigenvalue weighted by molar-refractivity contribution is 0.394. The van der Waals surface area contributed by atoms with Gasteiger partial charge in [0.05, 0.1) is 23.2 Å². The zero-order chi connectivity index (χ0) is 13.5. The van der Waals surface area contributed by atoms with Crippen LogP contribution < -0.4 is 10.1 Å². The first-order valence-corrected chi connectivity index (χ1v) is 7.29. The van der Waals surface area contributed by atoms with E-state index >= 15 is 0 Å². The van der Waals surface area contributed by atoms with E-state index in [0.717, 1.165) is 17.3 Å². The van der Waals surface area contributed by atoms with Crippen molar-refractivity contribution in [2.75, 3.05) is 19.0 Å². The van der Waals surface area contributed by atoms with E-state index in [1.54, 1.807) is 13.3 Å². The minimum atomic E-state index is 0.0817. The highest BCUT2D eigenvalue weighted by Gasteiger charge is 2.16. The number of alkyl halides is 1. The van der Waals surface area contributed by atoms with E-state index in [2.05, 4.69) is 45.1 Å². The Hall–Kier alpha value is -0.550. The van der Waals surface area contributed by atoms with E-state index in [0.29, 0.717) is 24.3 Å². The largest absolute Gasteiger partial charge is 0.480 e. The minimum Gasteiger partial charge on any atom is -0.480 e.